The minimum atomic E-state index is -3.97. The van der Waals surface area contributed by atoms with Gasteiger partial charge in [-0.3, -0.25) is 4.31 Å². The Hall–Kier alpha value is -1.65. The van der Waals surface area contributed by atoms with E-state index in [4.69, 9.17) is 5.73 Å². The van der Waals surface area contributed by atoms with Gasteiger partial charge in [-0.2, -0.15) is 8.42 Å². The first-order chi connectivity index (χ1) is 9.89. The summed E-state index contributed by atoms with van der Waals surface area (Å²) in [5.74, 6) is 0. The molecule has 0 bridgehead atoms. The van der Waals surface area contributed by atoms with E-state index in [1.54, 1.807) is 24.3 Å². The summed E-state index contributed by atoms with van der Waals surface area (Å²) in [6, 6.07) is 6.53. The number of benzene rings is 1. The van der Waals surface area contributed by atoms with E-state index >= 15 is 0 Å². The minimum absolute atomic E-state index is 0.0995. The number of nitrogens with two attached hydrogens (primary N) is 1. The number of hydrogen-bond donors (Lipinski definition) is 2. The average Bonchev–Trinajstić information content (AvgIpc) is 2.77. The monoisotopic (exact) mass is 375 g/mol. The van der Waals surface area contributed by atoms with Gasteiger partial charge in [-0.15, -0.1) is 5.10 Å². The van der Waals surface area contributed by atoms with E-state index in [1.807, 2.05) is 0 Å². The van der Waals surface area contributed by atoms with Gasteiger partial charge in [0.2, 0.25) is 5.03 Å². The third-order valence-corrected chi connectivity index (χ3v) is 5.48. The number of nitrogen functional groups attached to an aromatic ring is 1. The highest BCUT2D eigenvalue weighted by molar-refractivity contribution is 9.10. The first-order valence-corrected chi connectivity index (χ1v) is 8.16. The van der Waals surface area contributed by atoms with Crippen LogP contribution in [0.3, 0.4) is 0 Å². The molecule has 0 unspecified atom stereocenters. The SMILES string of the molecule is Cn1nnc(Br)c1S(=O)(=O)N(CCO)c1ccccc1N. The minimum Gasteiger partial charge on any atom is -0.397 e. The number of halogens is 1. The summed E-state index contributed by atoms with van der Waals surface area (Å²) in [6.45, 7) is -0.482. The molecule has 21 heavy (non-hydrogen) atoms. The standard InChI is InChI=1S/C11H14BrN5O3S/c1-16-11(10(12)14-15-16)21(19,20)17(6-7-18)9-5-3-2-4-8(9)13/h2-5,18H,6-7,13H2,1H3. The van der Waals surface area contributed by atoms with Crippen LogP contribution >= 0.6 is 15.9 Å². The Kier molecular flexibility index (Phi) is 4.49. The Morgan fingerprint density at radius 2 is 2.10 bits per heavy atom. The zero-order valence-electron chi connectivity index (χ0n) is 11.1. The van der Waals surface area contributed by atoms with Crippen molar-refractivity contribution < 1.29 is 13.5 Å². The number of aryl methyl sites for hydroxylation is 1. The highest BCUT2D eigenvalue weighted by atomic mass is 79.9. The molecule has 0 amide bonds. The topological polar surface area (TPSA) is 114 Å². The van der Waals surface area contributed by atoms with Gasteiger partial charge in [0, 0.05) is 7.05 Å². The van der Waals surface area contributed by atoms with Crippen molar-refractivity contribution >= 4 is 37.3 Å². The van der Waals surface area contributed by atoms with Gasteiger partial charge >= 0.3 is 0 Å². The third-order valence-electron chi connectivity index (χ3n) is 2.78. The fraction of sp³-hybridized carbons (Fsp3) is 0.273. The lowest BCUT2D eigenvalue weighted by atomic mass is 10.3. The fourth-order valence-electron chi connectivity index (χ4n) is 1.88. The number of nitrogens with zero attached hydrogens (tertiary/aromatic N) is 4. The molecular formula is C11H14BrN5O3S. The number of aliphatic hydroxyl groups is 1. The maximum Gasteiger partial charge on any atom is 0.284 e. The molecule has 1 aromatic heterocycles. The number of anilines is 2. The molecule has 2 aromatic rings. The quantitative estimate of drug-likeness (QED) is 0.728. The van der Waals surface area contributed by atoms with Crippen molar-refractivity contribution in [2.75, 3.05) is 23.2 Å². The van der Waals surface area contributed by atoms with Crippen molar-refractivity contribution in [2.24, 2.45) is 7.05 Å². The highest BCUT2D eigenvalue weighted by Crippen LogP contribution is 2.30. The van der Waals surface area contributed by atoms with Crippen LogP contribution in [0.15, 0.2) is 33.9 Å². The second-order valence-corrected chi connectivity index (χ2v) is 6.70. The third kappa shape index (κ3) is 2.87. The first kappa shape index (κ1) is 15.7. The molecule has 0 fully saturated rings. The van der Waals surface area contributed by atoms with Gasteiger partial charge in [-0.1, -0.05) is 17.3 Å². The number of rotatable bonds is 5. The molecule has 3 N–H and O–H groups in total. The molecule has 1 heterocycles. The molecule has 0 saturated carbocycles. The zero-order chi connectivity index (χ0) is 15.6. The van der Waals surface area contributed by atoms with Crippen LogP contribution in [0.1, 0.15) is 0 Å². The summed E-state index contributed by atoms with van der Waals surface area (Å²) in [6.07, 6.45) is 0. The molecule has 2 rings (SSSR count). The van der Waals surface area contributed by atoms with Crippen LogP contribution in [-0.2, 0) is 17.1 Å². The van der Waals surface area contributed by atoms with E-state index < -0.39 is 10.0 Å². The fourth-order valence-corrected chi connectivity index (χ4v) is 4.40. The average molecular weight is 376 g/mol. The molecule has 0 aliphatic heterocycles. The second-order valence-electron chi connectivity index (χ2n) is 4.17. The molecule has 0 spiro atoms. The molecule has 10 heteroatoms. The van der Waals surface area contributed by atoms with Crippen LogP contribution in [0.2, 0.25) is 0 Å². The van der Waals surface area contributed by atoms with Crippen molar-refractivity contribution in [3.63, 3.8) is 0 Å². The van der Waals surface area contributed by atoms with Crippen molar-refractivity contribution in [2.45, 2.75) is 5.03 Å². The van der Waals surface area contributed by atoms with Crippen LogP contribution in [0.4, 0.5) is 11.4 Å². The summed E-state index contributed by atoms with van der Waals surface area (Å²) in [4.78, 5) is 0. The van der Waals surface area contributed by atoms with Crippen molar-refractivity contribution in [1.29, 1.82) is 0 Å². The Morgan fingerprint density at radius 1 is 1.43 bits per heavy atom. The number of aliphatic hydroxyl groups excluding tert-OH is 1. The number of aromatic nitrogens is 3. The second kappa shape index (κ2) is 6.00. The van der Waals surface area contributed by atoms with Crippen LogP contribution in [0, 0.1) is 0 Å². The van der Waals surface area contributed by atoms with E-state index in [0.29, 0.717) is 11.4 Å². The summed E-state index contributed by atoms with van der Waals surface area (Å²) in [5.41, 5.74) is 6.42. The normalized spacial score (nSPS) is 11.6. The lowest BCUT2D eigenvalue weighted by molar-refractivity contribution is 0.306. The van der Waals surface area contributed by atoms with Crippen molar-refractivity contribution in [3.05, 3.63) is 28.9 Å². The van der Waals surface area contributed by atoms with Crippen LogP contribution in [-0.4, -0.2) is 41.7 Å². The smallest absolute Gasteiger partial charge is 0.284 e. The van der Waals surface area contributed by atoms with Gasteiger partial charge in [0.05, 0.1) is 24.5 Å². The van der Waals surface area contributed by atoms with E-state index in [2.05, 4.69) is 26.2 Å². The van der Waals surface area contributed by atoms with Crippen molar-refractivity contribution in [1.82, 2.24) is 15.0 Å². The van der Waals surface area contributed by atoms with E-state index in [9.17, 15) is 13.5 Å². The molecule has 1 aromatic carbocycles. The first-order valence-electron chi connectivity index (χ1n) is 5.93. The van der Waals surface area contributed by atoms with Gasteiger partial charge < -0.3 is 10.8 Å². The molecule has 0 aliphatic rings. The summed E-state index contributed by atoms with van der Waals surface area (Å²) < 4.78 is 27.9. The maximum absolute atomic E-state index is 12.8. The molecule has 0 atom stereocenters. The maximum atomic E-state index is 12.8. The molecule has 0 saturated heterocycles. The van der Waals surface area contributed by atoms with Crippen LogP contribution in [0.25, 0.3) is 0 Å². The van der Waals surface area contributed by atoms with Crippen molar-refractivity contribution in [3.8, 4) is 0 Å². The lowest BCUT2D eigenvalue weighted by Crippen LogP contribution is -2.35. The summed E-state index contributed by atoms with van der Waals surface area (Å²) >= 11 is 3.07. The van der Waals surface area contributed by atoms with Gasteiger partial charge in [-0.25, -0.2) is 4.68 Å². The largest absolute Gasteiger partial charge is 0.397 e. The van der Waals surface area contributed by atoms with Crippen LogP contribution in [0.5, 0.6) is 0 Å². The summed E-state index contributed by atoms with van der Waals surface area (Å²) in [5, 5.41) is 16.4. The molecule has 8 nitrogen and oxygen atoms in total. The Bertz CT molecular complexity index is 727. The molecular weight excluding hydrogens is 362 g/mol. The predicted molar refractivity (Wildman–Crippen MR) is 81.2 cm³/mol. The number of hydrogen-bond acceptors (Lipinski definition) is 6. The molecule has 114 valence electrons. The molecule has 0 aliphatic carbocycles. The lowest BCUT2D eigenvalue weighted by Gasteiger charge is -2.24. The Balaban J connectivity index is 2.60. The highest BCUT2D eigenvalue weighted by Gasteiger charge is 2.31. The number of sulfonamides is 1. The summed E-state index contributed by atoms with van der Waals surface area (Å²) in [7, 11) is -2.50. The van der Waals surface area contributed by atoms with E-state index in [-0.39, 0.29) is 22.8 Å². The van der Waals surface area contributed by atoms with Gasteiger partial charge in [0.1, 0.15) is 0 Å². The van der Waals surface area contributed by atoms with E-state index in [1.165, 1.54) is 7.05 Å². The zero-order valence-corrected chi connectivity index (χ0v) is 13.5. The van der Waals surface area contributed by atoms with Gasteiger partial charge in [0.25, 0.3) is 10.0 Å². The van der Waals surface area contributed by atoms with Crippen LogP contribution < -0.4 is 10.0 Å². The molecule has 0 radical (unpaired) electrons. The predicted octanol–water partition coefficient (Wildman–Crippen LogP) is 0.347. The Morgan fingerprint density at radius 3 is 2.62 bits per heavy atom. The van der Waals surface area contributed by atoms with Gasteiger partial charge in [-0.05, 0) is 28.1 Å². The van der Waals surface area contributed by atoms with E-state index in [0.717, 1.165) is 8.99 Å². The number of para-hydroxylation sites is 2. The van der Waals surface area contributed by atoms with Gasteiger partial charge in [0.15, 0.2) is 4.60 Å². The Labute approximate surface area is 130 Å².